The second-order valence-corrected chi connectivity index (χ2v) is 5.47. The molecule has 1 atom stereocenters. The van der Waals surface area contributed by atoms with Gasteiger partial charge in [0.2, 0.25) is 0 Å². The third-order valence-corrected chi connectivity index (χ3v) is 3.38. The molecule has 0 amide bonds. The number of aryl methyl sites for hydroxylation is 1. The zero-order chi connectivity index (χ0) is 12.4. The van der Waals surface area contributed by atoms with Crippen LogP contribution in [0, 0.1) is 19.8 Å². The van der Waals surface area contributed by atoms with E-state index in [4.69, 9.17) is 4.74 Å². The second-order valence-electron chi connectivity index (χ2n) is 5.47. The first-order valence-corrected chi connectivity index (χ1v) is 6.62. The molecule has 17 heavy (non-hydrogen) atoms. The van der Waals surface area contributed by atoms with Crippen LogP contribution in [0.15, 0.2) is 6.07 Å². The van der Waals surface area contributed by atoms with Crippen molar-refractivity contribution in [1.29, 1.82) is 0 Å². The summed E-state index contributed by atoms with van der Waals surface area (Å²) in [4.78, 5) is 0. The lowest BCUT2D eigenvalue weighted by Crippen LogP contribution is -2.19. The maximum Gasteiger partial charge on any atom is 0.140 e. The highest BCUT2D eigenvalue weighted by Gasteiger charge is 2.19. The van der Waals surface area contributed by atoms with Crippen LogP contribution in [0.3, 0.4) is 0 Å². The standard InChI is InChI=1S/C14H24N2O/c1-10(2)9-16-11(3)7-14(12(16)4)17-13-5-6-15-8-13/h7,10,13,15H,5-6,8-9H2,1-4H3. The monoisotopic (exact) mass is 236 g/mol. The Morgan fingerprint density at radius 2 is 2.24 bits per heavy atom. The molecule has 1 unspecified atom stereocenters. The Hall–Kier alpha value is -0.960. The number of nitrogens with one attached hydrogen (secondary N) is 1. The van der Waals surface area contributed by atoms with E-state index in [0.29, 0.717) is 12.0 Å². The van der Waals surface area contributed by atoms with Crippen molar-refractivity contribution in [1.82, 2.24) is 9.88 Å². The molecule has 0 aromatic carbocycles. The van der Waals surface area contributed by atoms with Crippen molar-refractivity contribution < 1.29 is 4.74 Å². The number of rotatable bonds is 4. The van der Waals surface area contributed by atoms with E-state index in [1.54, 1.807) is 0 Å². The van der Waals surface area contributed by atoms with Gasteiger partial charge in [-0.2, -0.15) is 0 Å². The first-order valence-electron chi connectivity index (χ1n) is 6.62. The number of hydrogen-bond acceptors (Lipinski definition) is 2. The van der Waals surface area contributed by atoms with Crippen LogP contribution in [0.4, 0.5) is 0 Å². The van der Waals surface area contributed by atoms with Crippen LogP contribution in [0.1, 0.15) is 31.7 Å². The van der Waals surface area contributed by atoms with E-state index >= 15 is 0 Å². The molecule has 2 rings (SSSR count). The zero-order valence-corrected chi connectivity index (χ0v) is 11.4. The van der Waals surface area contributed by atoms with Gasteiger partial charge in [-0.25, -0.2) is 0 Å². The first-order chi connectivity index (χ1) is 8.08. The van der Waals surface area contributed by atoms with Crippen molar-refractivity contribution in [2.75, 3.05) is 13.1 Å². The number of nitrogens with zero attached hydrogens (tertiary/aromatic N) is 1. The zero-order valence-electron chi connectivity index (χ0n) is 11.4. The lowest BCUT2D eigenvalue weighted by atomic mass is 10.2. The fourth-order valence-corrected chi connectivity index (χ4v) is 2.44. The van der Waals surface area contributed by atoms with Gasteiger partial charge in [0, 0.05) is 24.8 Å². The summed E-state index contributed by atoms with van der Waals surface area (Å²) in [7, 11) is 0. The Kier molecular flexibility index (Phi) is 3.77. The minimum Gasteiger partial charge on any atom is -0.487 e. The van der Waals surface area contributed by atoms with Crippen LogP contribution in [0.5, 0.6) is 5.75 Å². The van der Waals surface area contributed by atoms with Crippen molar-refractivity contribution in [3.8, 4) is 5.75 Å². The quantitative estimate of drug-likeness (QED) is 0.869. The lowest BCUT2D eigenvalue weighted by molar-refractivity contribution is 0.221. The SMILES string of the molecule is Cc1cc(OC2CCNC2)c(C)n1CC(C)C. The van der Waals surface area contributed by atoms with Crippen LogP contribution in [-0.2, 0) is 6.54 Å². The molecule has 1 aromatic heterocycles. The van der Waals surface area contributed by atoms with Crippen LogP contribution >= 0.6 is 0 Å². The van der Waals surface area contributed by atoms with E-state index in [-0.39, 0.29) is 0 Å². The molecular formula is C14H24N2O. The Balaban J connectivity index is 2.12. The summed E-state index contributed by atoms with van der Waals surface area (Å²) in [6, 6.07) is 2.18. The third kappa shape index (κ3) is 2.83. The van der Waals surface area contributed by atoms with Crippen molar-refractivity contribution in [2.45, 2.75) is 46.8 Å². The molecule has 1 N–H and O–H groups in total. The van der Waals surface area contributed by atoms with Crippen molar-refractivity contribution in [2.24, 2.45) is 5.92 Å². The molecule has 1 saturated heterocycles. The fourth-order valence-electron chi connectivity index (χ4n) is 2.44. The summed E-state index contributed by atoms with van der Waals surface area (Å²) in [6.45, 7) is 12.0. The Morgan fingerprint density at radius 1 is 1.47 bits per heavy atom. The van der Waals surface area contributed by atoms with Crippen LogP contribution in [-0.4, -0.2) is 23.8 Å². The molecule has 0 radical (unpaired) electrons. The summed E-state index contributed by atoms with van der Waals surface area (Å²) < 4.78 is 8.43. The van der Waals surface area contributed by atoms with E-state index in [1.807, 2.05) is 0 Å². The highest BCUT2D eigenvalue weighted by molar-refractivity contribution is 5.33. The topological polar surface area (TPSA) is 26.2 Å². The average molecular weight is 236 g/mol. The normalized spacial score (nSPS) is 20.2. The predicted molar refractivity (Wildman–Crippen MR) is 70.6 cm³/mol. The maximum absolute atomic E-state index is 6.07. The van der Waals surface area contributed by atoms with Gasteiger partial charge in [0.1, 0.15) is 11.9 Å². The highest BCUT2D eigenvalue weighted by atomic mass is 16.5. The molecule has 1 aliphatic rings. The third-order valence-electron chi connectivity index (χ3n) is 3.38. The van der Waals surface area contributed by atoms with E-state index < -0.39 is 0 Å². The lowest BCUT2D eigenvalue weighted by Gasteiger charge is -2.14. The molecule has 2 heterocycles. The molecule has 1 aliphatic heterocycles. The average Bonchev–Trinajstić information content (AvgIpc) is 2.83. The molecular weight excluding hydrogens is 212 g/mol. The Labute approximate surface area is 104 Å². The van der Waals surface area contributed by atoms with Gasteiger partial charge in [-0.1, -0.05) is 13.8 Å². The molecule has 3 nitrogen and oxygen atoms in total. The van der Waals surface area contributed by atoms with Gasteiger partial charge in [-0.3, -0.25) is 0 Å². The summed E-state index contributed by atoms with van der Waals surface area (Å²) >= 11 is 0. The fraction of sp³-hybridized carbons (Fsp3) is 0.714. The largest absolute Gasteiger partial charge is 0.487 e. The highest BCUT2D eigenvalue weighted by Crippen LogP contribution is 2.25. The molecule has 0 aliphatic carbocycles. The van der Waals surface area contributed by atoms with Gasteiger partial charge in [0.05, 0.1) is 5.69 Å². The minimum atomic E-state index is 0.350. The summed E-state index contributed by atoms with van der Waals surface area (Å²) in [5.74, 6) is 1.73. The minimum absolute atomic E-state index is 0.350. The van der Waals surface area contributed by atoms with E-state index in [0.717, 1.165) is 31.8 Å². The van der Waals surface area contributed by atoms with Crippen LogP contribution in [0.2, 0.25) is 0 Å². The predicted octanol–water partition coefficient (Wildman–Crippen LogP) is 2.50. The molecule has 1 fully saturated rings. The summed E-state index contributed by atoms with van der Waals surface area (Å²) in [5.41, 5.74) is 2.57. The van der Waals surface area contributed by atoms with E-state index in [9.17, 15) is 0 Å². The van der Waals surface area contributed by atoms with Crippen LogP contribution < -0.4 is 10.1 Å². The molecule has 0 bridgehead atoms. The summed E-state index contributed by atoms with van der Waals surface area (Å²) in [5, 5.41) is 3.33. The summed E-state index contributed by atoms with van der Waals surface area (Å²) in [6.07, 6.45) is 1.47. The smallest absolute Gasteiger partial charge is 0.140 e. The Morgan fingerprint density at radius 3 is 2.82 bits per heavy atom. The van der Waals surface area contributed by atoms with E-state index in [1.165, 1.54) is 11.4 Å². The molecule has 0 spiro atoms. The van der Waals surface area contributed by atoms with Crippen LogP contribution in [0.25, 0.3) is 0 Å². The second kappa shape index (κ2) is 5.13. The van der Waals surface area contributed by atoms with Gasteiger partial charge < -0.3 is 14.6 Å². The van der Waals surface area contributed by atoms with Gasteiger partial charge >= 0.3 is 0 Å². The number of ether oxygens (including phenoxy) is 1. The van der Waals surface area contributed by atoms with Crippen molar-refractivity contribution in [3.63, 3.8) is 0 Å². The molecule has 0 saturated carbocycles. The number of aromatic nitrogens is 1. The van der Waals surface area contributed by atoms with Gasteiger partial charge in [-0.05, 0) is 32.7 Å². The van der Waals surface area contributed by atoms with Crippen molar-refractivity contribution >= 4 is 0 Å². The van der Waals surface area contributed by atoms with E-state index in [2.05, 4.69) is 43.6 Å². The Bertz CT molecular complexity index is 376. The molecule has 1 aromatic rings. The van der Waals surface area contributed by atoms with Crippen molar-refractivity contribution in [3.05, 3.63) is 17.5 Å². The van der Waals surface area contributed by atoms with Gasteiger partial charge in [-0.15, -0.1) is 0 Å². The first kappa shape index (κ1) is 12.5. The molecule has 3 heteroatoms. The van der Waals surface area contributed by atoms with Gasteiger partial charge in [0.25, 0.3) is 0 Å². The maximum atomic E-state index is 6.07. The number of hydrogen-bond donors (Lipinski definition) is 1. The van der Waals surface area contributed by atoms with Gasteiger partial charge in [0.15, 0.2) is 0 Å². The molecule has 96 valence electrons.